The summed E-state index contributed by atoms with van der Waals surface area (Å²) in [7, 11) is 0. The minimum atomic E-state index is -0.514. The zero-order valence-electron chi connectivity index (χ0n) is 9.77. The van der Waals surface area contributed by atoms with Crippen LogP contribution in [-0.4, -0.2) is 17.3 Å². The highest BCUT2D eigenvalue weighted by atomic mass is 79.9. The van der Waals surface area contributed by atoms with Gasteiger partial charge in [0.2, 0.25) is 0 Å². The second-order valence-corrected chi connectivity index (χ2v) is 4.95. The molecule has 0 radical (unpaired) electrons. The Morgan fingerprint density at radius 2 is 1.94 bits per heavy atom. The molecule has 0 saturated heterocycles. The van der Waals surface area contributed by atoms with Crippen LogP contribution in [0.2, 0.25) is 0 Å². The first-order valence-electron chi connectivity index (χ1n) is 5.31. The van der Waals surface area contributed by atoms with E-state index in [9.17, 15) is 5.11 Å². The summed E-state index contributed by atoms with van der Waals surface area (Å²) in [5.41, 5.74) is 6.80. The van der Waals surface area contributed by atoms with Crippen molar-refractivity contribution >= 4 is 15.9 Å². The minimum absolute atomic E-state index is 0.0932. The second kappa shape index (κ2) is 5.66. The molecule has 1 aromatic rings. The fourth-order valence-corrected chi connectivity index (χ4v) is 1.63. The van der Waals surface area contributed by atoms with Crippen LogP contribution >= 0.6 is 15.9 Å². The van der Waals surface area contributed by atoms with Crippen molar-refractivity contribution in [1.29, 1.82) is 0 Å². The molecule has 0 aliphatic carbocycles. The third kappa shape index (κ3) is 3.47. The Bertz CT molecular complexity index is 353. The summed E-state index contributed by atoms with van der Waals surface area (Å²) in [6, 6.07) is 5.64. The summed E-state index contributed by atoms with van der Waals surface area (Å²) in [5.74, 6) is 0.720. The first kappa shape index (κ1) is 13.5. The van der Waals surface area contributed by atoms with Gasteiger partial charge in [0.25, 0.3) is 0 Å². The number of nitrogens with two attached hydrogens (primary N) is 1. The van der Waals surface area contributed by atoms with Gasteiger partial charge in [-0.15, -0.1) is 0 Å². The predicted molar refractivity (Wildman–Crippen MR) is 68.5 cm³/mol. The Morgan fingerprint density at radius 1 is 1.31 bits per heavy atom. The molecule has 2 unspecified atom stereocenters. The number of ether oxygens (including phenoxy) is 1. The van der Waals surface area contributed by atoms with Crippen molar-refractivity contribution in [1.82, 2.24) is 0 Å². The molecule has 1 aromatic carbocycles. The maximum atomic E-state index is 9.41. The number of halogens is 1. The number of aliphatic hydroxyl groups is 1. The summed E-state index contributed by atoms with van der Waals surface area (Å²) < 4.78 is 6.62. The predicted octanol–water partition coefficient (Wildman–Crippen LogP) is 2.62. The summed E-state index contributed by atoms with van der Waals surface area (Å²) in [6.45, 7) is 5.44. The van der Waals surface area contributed by atoms with Crippen molar-refractivity contribution in [3.63, 3.8) is 0 Å². The van der Waals surface area contributed by atoms with Gasteiger partial charge in [0.1, 0.15) is 11.9 Å². The number of rotatable bonds is 4. The fraction of sp³-hybridized carbons (Fsp3) is 0.500. The maximum Gasteiger partial charge on any atom is 0.125 e. The molecule has 0 fully saturated rings. The van der Waals surface area contributed by atoms with Crippen molar-refractivity contribution in [3.05, 3.63) is 28.2 Å². The molecule has 3 N–H and O–H groups in total. The van der Waals surface area contributed by atoms with E-state index in [0.29, 0.717) is 0 Å². The third-order valence-electron chi connectivity index (χ3n) is 2.46. The van der Waals surface area contributed by atoms with Gasteiger partial charge < -0.3 is 15.6 Å². The zero-order valence-corrected chi connectivity index (χ0v) is 11.4. The lowest BCUT2D eigenvalue weighted by Crippen LogP contribution is -2.26. The van der Waals surface area contributed by atoms with Crippen LogP contribution in [0.4, 0.5) is 0 Å². The smallest absolute Gasteiger partial charge is 0.125 e. The van der Waals surface area contributed by atoms with E-state index in [1.165, 1.54) is 0 Å². The fourth-order valence-electron chi connectivity index (χ4n) is 1.29. The van der Waals surface area contributed by atoms with Gasteiger partial charge in [0, 0.05) is 16.1 Å². The van der Waals surface area contributed by atoms with Crippen molar-refractivity contribution in [2.75, 3.05) is 0 Å². The van der Waals surface area contributed by atoms with E-state index in [1.54, 1.807) is 6.92 Å². The Morgan fingerprint density at radius 3 is 2.44 bits per heavy atom. The highest BCUT2D eigenvalue weighted by molar-refractivity contribution is 9.10. The van der Waals surface area contributed by atoms with Crippen molar-refractivity contribution in [2.45, 2.75) is 39.0 Å². The van der Waals surface area contributed by atoms with Crippen LogP contribution in [0.5, 0.6) is 5.75 Å². The molecule has 0 spiro atoms. The molecule has 0 bridgehead atoms. The van der Waals surface area contributed by atoms with Crippen molar-refractivity contribution in [3.8, 4) is 5.75 Å². The Balaban J connectivity index is 2.96. The number of benzene rings is 1. The van der Waals surface area contributed by atoms with Crippen LogP contribution in [-0.2, 0) is 0 Å². The van der Waals surface area contributed by atoms with Gasteiger partial charge in [0.05, 0.1) is 6.10 Å². The molecule has 0 aromatic heterocycles. The maximum absolute atomic E-state index is 9.41. The molecule has 4 heteroatoms. The van der Waals surface area contributed by atoms with Gasteiger partial charge >= 0.3 is 0 Å². The van der Waals surface area contributed by atoms with Crippen LogP contribution in [0.3, 0.4) is 0 Å². The van der Waals surface area contributed by atoms with E-state index >= 15 is 0 Å². The average Bonchev–Trinajstić information content (AvgIpc) is 2.16. The standard InChI is InChI=1S/C12H18BrNO2/c1-7(14)11-5-4-10(13)6-12(11)16-9(3)8(2)15/h4-9,15H,14H2,1-3H3/t7-,8?,9?/m0/s1. The number of aliphatic hydroxyl groups excluding tert-OH is 1. The van der Waals surface area contributed by atoms with Gasteiger partial charge in [-0.25, -0.2) is 0 Å². The van der Waals surface area contributed by atoms with Crippen molar-refractivity contribution < 1.29 is 9.84 Å². The summed E-state index contributed by atoms with van der Waals surface area (Å²) >= 11 is 3.39. The topological polar surface area (TPSA) is 55.5 Å². The van der Waals surface area contributed by atoms with E-state index in [0.717, 1.165) is 15.8 Å². The van der Waals surface area contributed by atoms with Gasteiger partial charge in [0.15, 0.2) is 0 Å². The Kier molecular flexibility index (Phi) is 4.77. The van der Waals surface area contributed by atoms with E-state index in [1.807, 2.05) is 32.0 Å². The van der Waals surface area contributed by atoms with Crippen LogP contribution in [0.1, 0.15) is 32.4 Å². The van der Waals surface area contributed by atoms with E-state index in [-0.39, 0.29) is 12.1 Å². The third-order valence-corrected chi connectivity index (χ3v) is 2.95. The summed E-state index contributed by atoms with van der Waals surface area (Å²) in [6.07, 6.45) is -0.772. The van der Waals surface area contributed by atoms with Gasteiger partial charge in [-0.05, 0) is 32.9 Å². The molecule has 3 nitrogen and oxygen atoms in total. The number of hydrogen-bond acceptors (Lipinski definition) is 3. The van der Waals surface area contributed by atoms with Crippen LogP contribution < -0.4 is 10.5 Å². The lowest BCUT2D eigenvalue weighted by Gasteiger charge is -2.21. The highest BCUT2D eigenvalue weighted by Crippen LogP contribution is 2.28. The molecule has 3 atom stereocenters. The quantitative estimate of drug-likeness (QED) is 0.895. The SMILES string of the molecule is CC(O)C(C)Oc1cc(Br)ccc1[C@H](C)N. The highest BCUT2D eigenvalue weighted by Gasteiger charge is 2.15. The first-order valence-corrected chi connectivity index (χ1v) is 6.11. The molecule has 0 saturated carbocycles. The molecule has 0 aliphatic rings. The first-order chi connectivity index (χ1) is 7.41. The average molecular weight is 288 g/mol. The lowest BCUT2D eigenvalue weighted by atomic mass is 10.1. The zero-order chi connectivity index (χ0) is 12.3. The summed E-state index contributed by atoms with van der Waals surface area (Å²) in [4.78, 5) is 0. The Labute approximate surface area is 105 Å². The molecule has 16 heavy (non-hydrogen) atoms. The van der Waals surface area contributed by atoms with E-state index in [2.05, 4.69) is 15.9 Å². The monoisotopic (exact) mass is 287 g/mol. The van der Waals surface area contributed by atoms with Gasteiger partial charge in [-0.3, -0.25) is 0 Å². The number of hydrogen-bond donors (Lipinski definition) is 2. The molecular weight excluding hydrogens is 270 g/mol. The van der Waals surface area contributed by atoms with Crippen molar-refractivity contribution in [2.24, 2.45) is 5.73 Å². The van der Waals surface area contributed by atoms with Gasteiger partial charge in [-0.1, -0.05) is 22.0 Å². The normalized spacial score (nSPS) is 16.6. The molecule has 0 aliphatic heterocycles. The molecule has 0 amide bonds. The molecule has 90 valence electrons. The van der Waals surface area contributed by atoms with Crippen LogP contribution in [0.25, 0.3) is 0 Å². The lowest BCUT2D eigenvalue weighted by molar-refractivity contribution is 0.0596. The Hall–Kier alpha value is -0.580. The summed E-state index contributed by atoms with van der Waals surface area (Å²) in [5, 5.41) is 9.41. The van der Waals surface area contributed by atoms with Crippen LogP contribution in [0, 0.1) is 0 Å². The minimum Gasteiger partial charge on any atom is -0.488 e. The molecular formula is C12H18BrNO2. The largest absolute Gasteiger partial charge is 0.488 e. The molecule has 1 rings (SSSR count). The van der Waals surface area contributed by atoms with E-state index < -0.39 is 6.10 Å². The van der Waals surface area contributed by atoms with E-state index in [4.69, 9.17) is 10.5 Å². The van der Waals surface area contributed by atoms with Crippen LogP contribution in [0.15, 0.2) is 22.7 Å². The molecule has 0 heterocycles. The van der Waals surface area contributed by atoms with Gasteiger partial charge in [-0.2, -0.15) is 0 Å². The second-order valence-electron chi connectivity index (χ2n) is 4.03.